The highest BCUT2D eigenvalue weighted by atomic mass is 32.2. The molecule has 1 aliphatic heterocycles. The van der Waals surface area contributed by atoms with E-state index < -0.39 is 11.2 Å². The second-order valence-electron chi connectivity index (χ2n) is 2.89. The van der Waals surface area contributed by atoms with Crippen LogP contribution in [0.15, 0.2) is 39.4 Å². The van der Waals surface area contributed by atoms with Gasteiger partial charge in [0.05, 0.1) is 0 Å². The number of anilines is 1. The van der Waals surface area contributed by atoms with Gasteiger partial charge in [-0.05, 0) is 23.3 Å². The highest BCUT2D eigenvalue weighted by molar-refractivity contribution is 7.90. The van der Waals surface area contributed by atoms with Crippen LogP contribution in [0, 0.1) is 0 Å². The van der Waals surface area contributed by atoms with Gasteiger partial charge >= 0.3 is 0 Å². The van der Waals surface area contributed by atoms with Crippen LogP contribution in [0.5, 0.6) is 0 Å². The van der Waals surface area contributed by atoms with Crippen molar-refractivity contribution in [1.82, 2.24) is 5.32 Å². The van der Waals surface area contributed by atoms with Gasteiger partial charge in [0.1, 0.15) is 12.6 Å². The summed E-state index contributed by atoms with van der Waals surface area (Å²) in [4.78, 5) is 0.763. The molecule has 0 amide bonds. The van der Waals surface area contributed by atoms with Crippen molar-refractivity contribution in [2.45, 2.75) is 4.90 Å². The Balaban J connectivity index is 2.11. The Morgan fingerprint density at radius 2 is 2.27 bits per heavy atom. The number of hydrogen-bond acceptors (Lipinski definition) is 4. The van der Waals surface area contributed by atoms with E-state index in [9.17, 15) is 4.55 Å². The predicted octanol–water partition coefficient (Wildman–Crippen LogP) is 0.753. The third-order valence-electron chi connectivity index (χ3n) is 1.81. The molecule has 6 heteroatoms. The van der Waals surface area contributed by atoms with Gasteiger partial charge < -0.3 is 9.87 Å². The van der Waals surface area contributed by atoms with Crippen molar-refractivity contribution in [2.75, 3.05) is 11.6 Å². The van der Waals surface area contributed by atoms with E-state index in [0.717, 1.165) is 10.6 Å². The van der Waals surface area contributed by atoms with E-state index in [-0.39, 0.29) is 0 Å². The van der Waals surface area contributed by atoms with Crippen molar-refractivity contribution in [3.8, 4) is 0 Å². The number of nitrogens with one attached hydrogen (secondary N) is 1. The fraction of sp³-hybridized carbons (Fsp3) is 0.111. The molecule has 1 radical (unpaired) electrons. The summed E-state index contributed by atoms with van der Waals surface area (Å²) in [5, 5.41) is 14.2. The molecule has 1 atom stereocenters. The van der Waals surface area contributed by atoms with Crippen molar-refractivity contribution in [3.05, 3.63) is 24.3 Å². The molecule has 1 unspecified atom stereocenters. The second-order valence-corrected chi connectivity index (χ2v) is 4.27. The first-order valence-electron chi connectivity index (χ1n) is 4.26. The lowest BCUT2D eigenvalue weighted by molar-refractivity contribution is 0.601. The fourth-order valence-electron chi connectivity index (χ4n) is 1.13. The Morgan fingerprint density at radius 3 is 2.93 bits per heavy atom. The van der Waals surface area contributed by atoms with Gasteiger partial charge in [0, 0.05) is 11.8 Å². The van der Waals surface area contributed by atoms with Crippen LogP contribution < -0.4 is 10.6 Å². The molecule has 0 saturated heterocycles. The number of benzene rings is 1. The zero-order chi connectivity index (χ0) is 10.7. The quantitative estimate of drug-likeness (QED) is 0.748. The molecule has 0 fully saturated rings. The summed E-state index contributed by atoms with van der Waals surface area (Å²) >= 11 is -0.984. The first-order chi connectivity index (χ1) is 7.25. The minimum absolute atomic E-state index is 0.439. The lowest BCUT2D eigenvalue weighted by atomic mass is 10.3. The van der Waals surface area contributed by atoms with Crippen molar-refractivity contribution in [1.29, 1.82) is 0 Å². The zero-order valence-electron chi connectivity index (χ0n) is 8.04. The van der Waals surface area contributed by atoms with E-state index in [1.807, 2.05) is 18.2 Å². The van der Waals surface area contributed by atoms with Crippen LogP contribution >= 0.6 is 0 Å². The molecule has 1 aromatic rings. The summed E-state index contributed by atoms with van der Waals surface area (Å²) < 4.78 is 11.2. The number of rotatable bonds is 2. The largest absolute Gasteiger partial charge is 0.612 e. The maximum atomic E-state index is 11.2. The fourth-order valence-corrected chi connectivity index (χ4v) is 1.69. The normalized spacial score (nSPS) is 15.7. The van der Waals surface area contributed by atoms with Crippen molar-refractivity contribution >= 4 is 29.2 Å². The molecule has 0 saturated carbocycles. The second kappa shape index (κ2) is 4.33. The molecular formula is C9H9N4OS. The molecule has 2 rings (SSSR count). The summed E-state index contributed by atoms with van der Waals surface area (Å²) in [6.07, 6.45) is 3.00. The highest BCUT2D eigenvalue weighted by Gasteiger charge is 2.07. The zero-order valence-corrected chi connectivity index (χ0v) is 8.86. The van der Waals surface area contributed by atoms with Gasteiger partial charge in [-0.1, -0.05) is 6.07 Å². The van der Waals surface area contributed by atoms with Gasteiger partial charge in [-0.15, -0.1) is 10.2 Å². The SMILES string of the molecule is C[S+]([O-])c1cccc(NC2=NN=C[N]2)c1. The smallest absolute Gasteiger partial charge is 0.248 e. The van der Waals surface area contributed by atoms with Gasteiger partial charge in [0.25, 0.3) is 0 Å². The van der Waals surface area contributed by atoms with Crippen LogP contribution in [0.4, 0.5) is 5.69 Å². The molecule has 15 heavy (non-hydrogen) atoms. The maximum Gasteiger partial charge on any atom is 0.248 e. The Morgan fingerprint density at radius 1 is 1.40 bits per heavy atom. The minimum Gasteiger partial charge on any atom is -0.612 e. The predicted molar refractivity (Wildman–Crippen MR) is 60.5 cm³/mol. The third kappa shape index (κ3) is 2.48. The number of hydrogen-bond donors (Lipinski definition) is 1. The average molecular weight is 221 g/mol. The molecule has 0 spiro atoms. The molecule has 1 aromatic carbocycles. The van der Waals surface area contributed by atoms with Crippen LogP contribution in [-0.4, -0.2) is 23.1 Å². The Hall–Kier alpha value is -1.53. The molecule has 0 bridgehead atoms. The van der Waals surface area contributed by atoms with Gasteiger partial charge in [-0.3, -0.25) is 0 Å². The highest BCUT2D eigenvalue weighted by Crippen LogP contribution is 2.15. The average Bonchev–Trinajstić information content (AvgIpc) is 2.71. The topological polar surface area (TPSA) is 73.9 Å². The van der Waals surface area contributed by atoms with E-state index in [2.05, 4.69) is 20.8 Å². The summed E-state index contributed by atoms with van der Waals surface area (Å²) in [7, 11) is 0. The van der Waals surface area contributed by atoms with Crippen LogP contribution in [0.3, 0.4) is 0 Å². The molecule has 5 nitrogen and oxygen atoms in total. The van der Waals surface area contributed by atoms with E-state index in [0.29, 0.717) is 5.96 Å². The first-order valence-corrected chi connectivity index (χ1v) is 5.82. The third-order valence-corrected chi connectivity index (χ3v) is 2.72. The summed E-state index contributed by atoms with van der Waals surface area (Å²) in [6, 6.07) is 7.29. The Labute approximate surface area is 90.5 Å². The van der Waals surface area contributed by atoms with E-state index in [4.69, 9.17) is 0 Å². The maximum absolute atomic E-state index is 11.2. The summed E-state index contributed by atoms with van der Waals surface area (Å²) in [5.74, 6) is 0.439. The molecule has 0 aliphatic carbocycles. The van der Waals surface area contributed by atoms with Gasteiger partial charge in [0.2, 0.25) is 5.96 Å². The Kier molecular flexibility index (Phi) is 2.89. The number of nitrogens with zero attached hydrogens (tertiary/aromatic N) is 3. The van der Waals surface area contributed by atoms with Crippen LogP contribution in [-0.2, 0) is 11.2 Å². The minimum atomic E-state index is -0.984. The van der Waals surface area contributed by atoms with Crippen LogP contribution in [0.1, 0.15) is 0 Å². The molecule has 1 aliphatic rings. The van der Waals surface area contributed by atoms with Crippen molar-refractivity contribution in [3.63, 3.8) is 0 Å². The van der Waals surface area contributed by atoms with E-state index >= 15 is 0 Å². The van der Waals surface area contributed by atoms with Gasteiger partial charge in [-0.2, -0.15) is 5.32 Å². The molecule has 77 valence electrons. The lowest BCUT2D eigenvalue weighted by Crippen LogP contribution is -2.19. The molecule has 1 heterocycles. The Bertz CT molecular complexity index is 416. The van der Waals surface area contributed by atoms with E-state index in [1.165, 1.54) is 6.34 Å². The monoisotopic (exact) mass is 221 g/mol. The first kappa shape index (κ1) is 10.0. The van der Waals surface area contributed by atoms with Crippen LogP contribution in [0.2, 0.25) is 0 Å². The summed E-state index contributed by atoms with van der Waals surface area (Å²) in [6.45, 7) is 0. The standard InChI is InChI=1S/C9H9N4OS/c1-15(14)8-4-2-3-7(5-8)12-9-10-6-11-13-9/h2-6H,1H3,(H,12,13). The van der Waals surface area contributed by atoms with Gasteiger partial charge in [-0.25, -0.2) is 0 Å². The van der Waals surface area contributed by atoms with Crippen molar-refractivity contribution in [2.24, 2.45) is 10.2 Å². The lowest BCUT2D eigenvalue weighted by Gasteiger charge is -2.07. The number of guanidine groups is 1. The molecule has 1 N–H and O–H groups in total. The molecular weight excluding hydrogens is 212 g/mol. The summed E-state index contributed by atoms with van der Waals surface area (Å²) in [5.41, 5.74) is 0.802. The van der Waals surface area contributed by atoms with Crippen LogP contribution in [0.25, 0.3) is 0 Å². The van der Waals surface area contributed by atoms with Gasteiger partial charge in [0.15, 0.2) is 4.90 Å². The van der Waals surface area contributed by atoms with E-state index in [1.54, 1.807) is 12.3 Å². The van der Waals surface area contributed by atoms with Crippen molar-refractivity contribution < 1.29 is 4.55 Å². The molecule has 0 aromatic heterocycles.